The van der Waals surface area contributed by atoms with Gasteiger partial charge in [0.2, 0.25) is 0 Å². The van der Waals surface area contributed by atoms with Gasteiger partial charge in [-0.3, -0.25) is 11.3 Å². The van der Waals surface area contributed by atoms with Crippen LogP contribution < -0.4 is 11.3 Å². The Kier molecular flexibility index (Phi) is 4.81. The highest BCUT2D eigenvalue weighted by Crippen LogP contribution is 2.27. The van der Waals surface area contributed by atoms with E-state index in [0.717, 1.165) is 27.0 Å². The maximum absolute atomic E-state index is 6.08. The number of hydrazine groups is 1. The Hall–Kier alpha value is -0.390. The van der Waals surface area contributed by atoms with Crippen molar-refractivity contribution in [2.45, 2.75) is 19.4 Å². The highest BCUT2D eigenvalue weighted by Gasteiger charge is 2.13. The zero-order valence-corrected chi connectivity index (χ0v) is 13.1. The van der Waals surface area contributed by atoms with Gasteiger partial charge in [0.15, 0.2) is 0 Å². The number of halogens is 2. The summed E-state index contributed by atoms with van der Waals surface area (Å²) >= 11 is 11.3. The first kappa shape index (κ1) is 14.0. The first-order chi connectivity index (χ1) is 8.58. The fourth-order valence-electron chi connectivity index (χ4n) is 1.90. The van der Waals surface area contributed by atoms with E-state index >= 15 is 0 Å². The van der Waals surface area contributed by atoms with E-state index in [1.165, 1.54) is 4.88 Å². The van der Waals surface area contributed by atoms with Gasteiger partial charge in [0.05, 0.1) is 6.04 Å². The van der Waals surface area contributed by atoms with E-state index in [0.29, 0.717) is 0 Å². The number of nitrogens with two attached hydrogens (primary N) is 1. The van der Waals surface area contributed by atoms with E-state index in [1.807, 2.05) is 19.1 Å². The summed E-state index contributed by atoms with van der Waals surface area (Å²) in [6.45, 7) is 2.03. The Morgan fingerprint density at radius 3 is 2.72 bits per heavy atom. The first-order valence-corrected chi connectivity index (χ1v) is 7.59. The average Bonchev–Trinajstić information content (AvgIpc) is 2.70. The van der Waals surface area contributed by atoms with Gasteiger partial charge in [-0.15, -0.1) is 11.3 Å². The summed E-state index contributed by atoms with van der Waals surface area (Å²) in [5.74, 6) is 5.66. The molecule has 18 heavy (non-hydrogen) atoms. The molecule has 1 atom stereocenters. The summed E-state index contributed by atoms with van der Waals surface area (Å²) in [7, 11) is 0. The van der Waals surface area contributed by atoms with Gasteiger partial charge in [-0.2, -0.15) is 0 Å². The molecular weight excluding hydrogens is 332 g/mol. The zero-order valence-electron chi connectivity index (χ0n) is 9.91. The van der Waals surface area contributed by atoms with Crippen LogP contribution in [-0.4, -0.2) is 0 Å². The van der Waals surface area contributed by atoms with Crippen molar-refractivity contribution < 1.29 is 0 Å². The third kappa shape index (κ3) is 3.56. The molecule has 0 aliphatic rings. The molecule has 0 spiro atoms. The van der Waals surface area contributed by atoms with Crippen LogP contribution in [0.4, 0.5) is 0 Å². The van der Waals surface area contributed by atoms with Gasteiger partial charge in [0.25, 0.3) is 0 Å². The summed E-state index contributed by atoms with van der Waals surface area (Å²) < 4.78 is 1.11. The second-order valence-corrected chi connectivity index (χ2v) is 6.56. The molecule has 1 unspecified atom stereocenters. The number of thiophene rings is 1. The van der Waals surface area contributed by atoms with Crippen molar-refractivity contribution in [3.8, 4) is 0 Å². The van der Waals surface area contributed by atoms with Crippen LogP contribution in [0.1, 0.15) is 22.0 Å². The lowest BCUT2D eigenvalue weighted by Gasteiger charge is -2.16. The van der Waals surface area contributed by atoms with Gasteiger partial charge < -0.3 is 0 Å². The van der Waals surface area contributed by atoms with Crippen LogP contribution in [0.3, 0.4) is 0 Å². The lowest BCUT2D eigenvalue weighted by atomic mass is 10.0. The van der Waals surface area contributed by atoms with Gasteiger partial charge in [0, 0.05) is 26.2 Å². The Morgan fingerprint density at radius 1 is 1.39 bits per heavy atom. The van der Waals surface area contributed by atoms with Gasteiger partial charge in [-0.25, -0.2) is 0 Å². The normalized spacial score (nSPS) is 12.7. The molecule has 0 fully saturated rings. The van der Waals surface area contributed by atoms with Crippen LogP contribution in [-0.2, 0) is 6.42 Å². The number of aryl methyl sites for hydroxylation is 1. The molecule has 0 bridgehead atoms. The standard InChI is InChI=1S/C13H14BrClN2S/c1-8-2-9(4-11(15)3-8)13(17-16)6-12-5-10(14)7-18-12/h2-5,7,13,17H,6,16H2,1H3. The molecule has 0 aliphatic carbocycles. The van der Waals surface area contributed by atoms with E-state index in [9.17, 15) is 0 Å². The van der Waals surface area contributed by atoms with E-state index in [4.69, 9.17) is 17.4 Å². The lowest BCUT2D eigenvalue weighted by molar-refractivity contribution is 0.555. The predicted molar refractivity (Wildman–Crippen MR) is 82.0 cm³/mol. The fraction of sp³-hybridized carbons (Fsp3) is 0.231. The minimum Gasteiger partial charge on any atom is -0.271 e. The molecule has 0 saturated heterocycles. The summed E-state index contributed by atoms with van der Waals surface area (Å²) in [6.07, 6.45) is 0.854. The molecule has 0 aliphatic heterocycles. The van der Waals surface area contributed by atoms with Crippen molar-refractivity contribution in [2.24, 2.45) is 5.84 Å². The topological polar surface area (TPSA) is 38.0 Å². The largest absolute Gasteiger partial charge is 0.271 e. The zero-order chi connectivity index (χ0) is 13.1. The summed E-state index contributed by atoms with van der Waals surface area (Å²) in [5.41, 5.74) is 5.12. The Morgan fingerprint density at radius 2 is 2.17 bits per heavy atom. The quantitative estimate of drug-likeness (QED) is 0.643. The molecule has 1 heterocycles. The Bertz CT molecular complexity index is 521. The second-order valence-electron chi connectivity index (χ2n) is 4.22. The third-order valence-electron chi connectivity index (χ3n) is 2.70. The van der Waals surface area contributed by atoms with Gasteiger partial charge in [0.1, 0.15) is 0 Å². The molecule has 3 N–H and O–H groups in total. The summed E-state index contributed by atoms with van der Waals surface area (Å²) in [6, 6.07) is 8.21. The molecule has 2 aromatic rings. The average molecular weight is 346 g/mol. The Balaban J connectivity index is 2.22. The summed E-state index contributed by atoms with van der Waals surface area (Å²) in [5, 5.41) is 2.82. The molecule has 2 nitrogen and oxygen atoms in total. The smallest absolute Gasteiger partial charge is 0.0508 e. The van der Waals surface area contributed by atoms with Gasteiger partial charge >= 0.3 is 0 Å². The molecule has 1 aromatic heterocycles. The van der Waals surface area contributed by atoms with Crippen molar-refractivity contribution in [2.75, 3.05) is 0 Å². The minimum atomic E-state index is 0.0768. The maximum Gasteiger partial charge on any atom is 0.0508 e. The monoisotopic (exact) mass is 344 g/mol. The van der Waals surface area contributed by atoms with E-state index in [1.54, 1.807) is 11.3 Å². The highest BCUT2D eigenvalue weighted by molar-refractivity contribution is 9.10. The SMILES string of the molecule is Cc1cc(Cl)cc(C(Cc2cc(Br)cs2)NN)c1. The summed E-state index contributed by atoms with van der Waals surface area (Å²) in [4.78, 5) is 1.28. The van der Waals surface area contributed by atoms with Crippen LogP contribution in [0.2, 0.25) is 5.02 Å². The van der Waals surface area contributed by atoms with Crippen LogP contribution >= 0.6 is 38.9 Å². The number of hydrogen-bond acceptors (Lipinski definition) is 3. The molecular formula is C13H14BrClN2S. The first-order valence-electron chi connectivity index (χ1n) is 5.54. The Labute approximate surface area is 124 Å². The van der Waals surface area contributed by atoms with Crippen LogP contribution in [0, 0.1) is 6.92 Å². The number of hydrogen-bond donors (Lipinski definition) is 2. The van der Waals surface area contributed by atoms with Crippen molar-refractivity contribution in [3.63, 3.8) is 0 Å². The van der Waals surface area contributed by atoms with Crippen molar-refractivity contribution in [1.29, 1.82) is 0 Å². The highest BCUT2D eigenvalue weighted by atomic mass is 79.9. The molecule has 2 rings (SSSR count). The second kappa shape index (κ2) is 6.17. The minimum absolute atomic E-state index is 0.0768. The number of benzene rings is 1. The number of nitrogens with one attached hydrogen (secondary N) is 1. The van der Waals surface area contributed by atoms with Gasteiger partial charge in [-0.05, 0) is 52.2 Å². The van der Waals surface area contributed by atoms with E-state index in [-0.39, 0.29) is 6.04 Å². The predicted octanol–water partition coefficient (Wildman–Crippen LogP) is 4.22. The molecule has 0 saturated carbocycles. The molecule has 1 aromatic carbocycles. The molecule has 0 radical (unpaired) electrons. The van der Waals surface area contributed by atoms with E-state index in [2.05, 4.69) is 38.9 Å². The lowest BCUT2D eigenvalue weighted by Crippen LogP contribution is -2.29. The van der Waals surface area contributed by atoms with Crippen molar-refractivity contribution in [3.05, 3.63) is 55.1 Å². The number of rotatable bonds is 4. The molecule has 0 amide bonds. The van der Waals surface area contributed by atoms with Crippen LogP contribution in [0.15, 0.2) is 34.1 Å². The van der Waals surface area contributed by atoms with Crippen molar-refractivity contribution in [1.82, 2.24) is 5.43 Å². The van der Waals surface area contributed by atoms with Crippen LogP contribution in [0.5, 0.6) is 0 Å². The van der Waals surface area contributed by atoms with Crippen molar-refractivity contribution >= 4 is 38.9 Å². The fourth-order valence-corrected chi connectivity index (χ4v) is 3.70. The molecule has 96 valence electrons. The van der Waals surface area contributed by atoms with Gasteiger partial charge in [-0.1, -0.05) is 17.7 Å². The van der Waals surface area contributed by atoms with Crippen LogP contribution in [0.25, 0.3) is 0 Å². The third-order valence-corrected chi connectivity index (χ3v) is 4.63. The van der Waals surface area contributed by atoms with E-state index < -0.39 is 0 Å². The maximum atomic E-state index is 6.08. The molecule has 5 heteroatoms.